The van der Waals surface area contributed by atoms with Crippen LogP contribution in [0.25, 0.3) is 0 Å². The summed E-state index contributed by atoms with van der Waals surface area (Å²) < 4.78 is 43.4. The molecular weight excluding hydrogens is 271 g/mol. The number of nitrogens with two attached hydrogens (primary N) is 1. The molecule has 1 heterocycles. The molecule has 0 unspecified atom stereocenters. The Hall–Kier alpha value is -1.66. The standard InChI is InChI=1S/C13H18F3N3O/c1-8(2)20-12-10(17)5-6-11(18-12)19(9-3-4-9)7-13(14,15)16/h5-6,8-9H,3-4,7,17H2,1-2H3. The van der Waals surface area contributed by atoms with Crippen molar-refractivity contribution in [2.45, 2.75) is 45.0 Å². The molecule has 1 aliphatic rings. The van der Waals surface area contributed by atoms with Crippen molar-refractivity contribution in [1.29, 1.82) is 0 Å². The second-order valence-corrected chi connectivity index (χ2v) is 5.20. The molecule has 2 N–H and O–H groups in total. The zero-order valence-corrected chi connectivity index (χ0v) is 11.4. The van der Waals surface area contributed by atoms with E-state index < -0.39 is 12.7 Å². The molecule has 112 valence electrons. The van der Waals surface area contributed by atoms with E-state index in [4.69, 9.17) is 10.5 Å². The summed E-state index contributed by atoms with van der Waals surface area (Å²) in [5.41, 5.74) is 6.05. The topological polar surface area (TPSA) is 51.4 Å². The lowest BCUT2D eigenvalue weighted by Gasteiger charge is -2.25. The van der Waals surface area contributed by atoms with Crippen LogP contribution in [0.15, 0.2) is 12.1 Å². The van der Waals surface area contributed by atoms with Gasteiger partial charge in [0.05, 0.1) is 11.8 Å². The predicted molar refractivity (Wildman–Crippen MR) is 70.8 cm³/mol. The van der Waals surface area contributed by atoms with Gasteiger partial charge in [0.15, 0.2) is 0 Å². The number of nitrogens with zero attached hydrogens (tertiary/aromatic N) is 2. The normalized spacial score (nSPS) is 15.5. The highest BCUT2D eigenvalue weighted by Gasteiger charge is 2.39. The Balaban J connectivity index is 2.24. The van der Waals surface area contributed by atoms with Crippen molar-refractivity contribution >= 4 is 11.5 Å². The lowest BCUT2D eigenvalue weighted by Crippen LogP contribution is -2.36. The van der Waals surface area contributed by atoms with Gasteiger partial charge in [0.1, 0.15) is 12.4 Å². The third kappa shape index (κ3) is 3.91. The van der Waals surface area contributed by atoms with Crippen LogP contribution in [0.3, 0.4) is 0 Å². The Morgan fingerprint density at radius 3 is 2.55 bits per heavy atom. The summed E-state index contributed by atoms with van der Waals surface area (Å²) in [7, 11) is 0. The molecule has 0 bridgehead atoms. The van der Waals surface area contributed by atoms with Crippen molar-refractivity contribution in [3.63, 3.8) is 0 Å². The highest BCUT2D eigenvalue weighted by atomic mass is 19.4. The van der Waals surface area contributed by atoms with E-state index >= 15 is 0 Å². The molecular formula is C13H18F3N3O. The van der Waals surface area contributed by atoms with E-state index in [-0.39, 0.29) is 23.8 Å². The number of pyridine rings is 1. The van der Waals surface area contributed by atoms with E-state index in [1.807, 2.05) is 13.8 Å². The molecule has 0 amide bonds. The van der Waals surface area contributed by atoms with Crippen molar-refractivity contribution in [1.82, 2.24) is 4.98 Å². The van der Waals surface area contributed by atoms with Crippen molar-refractivity contribution in [3.8, 4) is 5.88 Å². The van der Waals surface area contributed by atoms with E-state index in [0.29, 0.717) is 5.69 Å². The monoisotopic (exact) mass is 289 g/mol. The van der Waals surface area contributed by atoms with Crippen LogP contribution >= 0.6 is 0 Å². The van der Waals surface area contributed by atoms with Crippen molar-refractivity contribution < 1.29 is 17.9 Å². The second-order valence-electron chi connectivity index (χ2n) is 5.20. The molecule has 0 spiro atoms. The van der Waals surface area contributed by atoms with E-state index in [0.717, 1.165) is 12.8 Å². The van der Waals surface area contributed by atoms with Gasteiger partial charge in [0.25, 0.3) is 0 Å². The summed E-state index contributed by atoms with van der Waals surface area (Å²) in [4.78, 5) is 5.41. The lowest BCUT2D eigenvalue weighted by atomic mass is 10.3. The van der Waals surface area contributed by atoms with Gasteiger partial charge in [-0.2, -0.15) is 18.2 Å². The van der Waals surface area contributed by atoms with Gasteiger partial charge in [-0.15, -0.1) is 0 Å². The molecule has 1 aromatic heterocycles. The van der Waals surface area contributed by atoms with Crippen LogP contribution in [0.1, 0.15) is 26.7 Å². The van der Waals surface area contributed by atoms with Crippen LogP contribution in [0.5, 0.6) is 5.88 Å². The largest absolute Gasteiger partial charge is 0.473 e. The molecule has 1 fully saturated rings. The van der Waals surface area contributed by atoms with E-state index in [2.05, 4.69) is 4.98 Å². The van der Waals surface area contributed by atoms with E-state index in [1.165, 1.54) is 17.0 Å². The van der Waals surface area contributed by atoms with Gasteiger partial charge in [-0.05, 0) is 38.8 Å². The smallest absolute Gasteiger partial charge is 0.405 e. The molecule has 1 saturated carbocycles. The fourth-order valence-corrected chi connectivity index (χ4v) is 1.90. The van der Waals surface area contributed by atoms with Crippen molar-refractivity contribution in [2.24, 2.45) is 0 Å². The van der Waals surface area contributed by atoms with Gasteiger partial charge in [-0.25, -0.2) is 0 Å². The Bertz CT molecular complexity index is 472. The molecule has 0 aromatic carbocycles. The molecule has 0 radical (unpaired) electrons. The minimum atomic E-state index is -4.26. The van der Waals surface area contributed by atoms with Gasteiger partial charge in [0, 0.05) is 6.04 Å². The zero-order chi connectivity index (χ0) is 14.9. The average Bonchev–Trinajstić information content (AvgIpc) is 3.11. The van der Waals surface area contributed by atoms with Gasteiger partial charge in [-0.3, -0.25) is 0 Å². The number of alkyl halides is 3. The first-order chi connectivity index (χ1) is 9.26. The first-order valence-electron chi connectivity index (χ1n) is 6.53. The van der Waals surface area contributed by atoms with Crippen LogP contribution in [-0.2, 0) is 0 Å². The number of rotatable bonds is 5. The average molecular weight is 289 g/mol. The molecule has 1 aromatic rings. The van der Waals surface area contributed by atoms with Gasteiger partial charge >= 0.3 is 6.18 Å². The highest BCUT2D eigenvalue weighted by Crippen LogP contribution is 2.35. The van der Waals surface area contributed by atoms with E-state index in [1.54, 1.807) is 0 Å². The molecule has 0 saturated heterocycles. The van der Waals surface area contributed by atoms with Crippen LogP contribution in [0.2, 0.25) is 0 Å². The number of hydrogen-bond donors (Lipinski definition) is 1. The first kappa shape index (κ1) is 14.7. The molecule has 1 aliphatic carbocycles. The zero-order valence-electron chi connectivity index (χ0n) is 11.4. The van der Waals surface area contributed by atoms with Gasteiger partial charge in [-0.1, -0.05) is 0 Å². The van der Waals surface area contributed by atoms with E-state index in [9.17, 15) is 13.2 Å². The lowest BCUT2D eigenvalue weighted by molar-refractivity contribution is -0.120. The third-order valence-corrected chi connectivity index (χ3v) is 2.85. The van der Waals surface area contributed by atoms with Crippen LogP contribution in [-0.4, -0.2) is 29.9 Å². The van der Waals surface area contributed by atoms with Gasteiger partial charge < -0.3 is 15.4 Å². The summed E-state index contributed by atoms with van der Waals surface area (Å²) in [6, 6.07) is 2.94. The molecule has 20 heavy (non-hydrogen) atoms. The molecule has 7 heteroatoms. The fraction of sp³-hybridized carbons (Fsp3) is 0.615. The highest BCUT2D eigenvalue weighted by molar-refractivity contribution is 5.55. The maximum Gasteiger partial charge on any atom is 0.405 e. The first-order valence-corrected chi connectivity index (χ1v) is 6.53. The minimum absolute atomic E-state index is 0.0975. The van der Waals surface area contributed by atoms with Crippen LogP contribution < -0.4 is 15.4 Å². The number of nitrogen functional groups attached to an aromatic ring is 1. The Morgan fingerprint density at radius 2 is 2.05 bits per heavy atom. The summed E-state index contributed by atoms with van der Waals surface area (Å²) in [5, 5.41) is 0. The second kappa shape index (κ2) is 5.38. The quantitative estimate of drug-likeness (QED) is 0.905. The molecule has 0 aliphatic heterocycles. The molecule has 0 atom stereocenters. The van der Waals surface area contributed by atoms with Crippen LogP contribution in [0.4, 0.5) is 24.7 Å². The number of hydrogen-bond acceptors (Lipinski definition) is 4. The van der Waals surface area contributed by atoms with Crippen molar-refractivity contribution in [3.05, 3.63) is 12.1 Å². The predicted octanol–water partition coefficient (Wildman–Crippen LogP) is 2.98. The number of anilines is 2. The SMILES string of the molecule is CC(C)Oc1nc(N(CC(F)(F)F)C2CC2)ccc1N. The maximum atomic E-state index is 12.6. The Kier molecular flexibility index (Phi) is 3.96. The molecule has 4 nitrogen and oxygen atoms in total. The van der Waals surface area contributed by atoms with Crippen LogP contribution in [0, 0.1) is 0 Å². The summed E-state index contributed by atoms with van der Waals surface area (Å²) in [6.45, 7) is 2.61. The Labute approximate surface area is 115 Å². The number of ether oxygens (including phenoxy) is 1. The summed E-state index contributed by atoms with van der Waals surface area (Å²) in [5.74, 6) is 0.444. The maximum absolute atomic E-state index is 12.6. The Morgan fingerprint density at radius 1 is 1.40 bits per heavy atom. The fourth-order valence-electron chi connectivity index (χ4n) is 1.90. The number of halogens is 3. The molecule has 2 rings (SSSR count). The van der Waals surface area contributed by atoms with Crippen molar-refractivity contribution in [2.75, 3.05) is 17.2 Å². The summed E-state index contributed by atoms with van der Waals surface area (Å²) >= 11 is 0. The summed E-state index contributed by atoms with van der Waals surface area (Å²) in [6.07, 6.45) is -2.90. The minimum Gasteiger partial charge on any atom is -0.473 e. The third-order valence-electron chi connectivity index (χ3n) is 2.85. The van der Waals surface area contributed by atoms with Gasteiger partial charge in [0.2, 0.25) is 5.88 Å². The number of aromatic nitrogens is 1.